The summed E-state index contributed by atoms with van der Waals surface area (Å²) in [6.07, 6.45) is 3.84. The summed E-state index contributed by atoms with van der Waals surface area (Å²) >= 11 is 0. The van der Waals surface area contributed by atoms with Crippen molar-refractivity contribution in [2.75, 3.05) is 6.54 Å². The van der Waals surface area contributed by atoms with Gasteiger partial charge in [0.25, 0.3) is 0 Å². The summed E-state index contributed by atoms with van der Waals surface area (Å²) in [5.74, 6) is 1.81. The Balaban J connectivity index is 2.30. The first kappa shape index (κ1) is 11.6. The van der Waals surface area contributed by atoms with Crippen LogP contribution in [0.1, 0.15) is 56.7 Å². The van der Waals surface area contributed by atoms with Crippen molar-refractivity contribution in [2.24, 2.45) is 0 Å². The Morgan fingerprint density at radius 3 is 2.88 bits per heavy atom. The van der Waals surface area contributed by atoms with Crippen LogP contribution in [0.25, 0.3) is 0 Å². The smallest absolute Gasteiger partial charge is 0.111 e. The largest absolute Gasteiger partial charge is 0.332 e. The van der Waals surface area contributed by atoms with E-state index in [1.807, 2.05) is 0 Å². The Labute approximate surface area is 98.3 Å². The second kappa shape index (κ2) is 5.00. The zero-order valence-electron chi connectivity index (χ0n) is 10.7. The molecule has 16 heavy (non-hydrogen) atoms. The number of nitrogens with zero attached hydrogens (tertiary/aromatic N) is 2. The van der Waals surface area contributed by atoms with Gasteiger partial charge in [0.2, 0.25) is 0 Å². The molecule has 0 saturated carbocycles. The van der Waals surface area contributed by atoms with Gasteiger partial charge in [0, 0.05) is 24.7 Å². The zero-order chi connectivity index (χ0) is 11.5. The molecule has 0 spiro atoms. The van der Waals surface area contributed by atoms with Gasteiger partial charge in [-0.15, -0.1) is 0 Å². The number of imidazole rings is 1. The summed E-state index contributed by atoms with van der Waals surface area (Å²) in [5.41, 5.74) is 2.76. The minimum absolute atomic E-state index is 0.534. The van der Waals surface area contributed by atoms with E-state index in [1.54, 1.807) is 0 Å². The number of nitrogens with one attached hydrogen (secondary N) is 1. The molecule has 1 aromatic rings. The number of hydrogen-bond donors (Lipinski definition) is 1. The first-order valence-electron chi connectivity index (χ1n) is 6.53. The van der Waals surface area contributed by atoms with Gasteiger partial charge in [-0.2, -0.15) is 0 Å². The summed E-state index contributed by atoms with van der Waals surface area (Å²) < 4.78 is 2.46. The minimum Gasteiger partial charge on any atom is -0.332 e. The molecule has 3 heteroatoms. The van der Waals surface area contributed by atoms with Gasteiger partial charge in [-0.3, -0.25) is 0 Å². The molecular formula is C13H23N3. The van der Waals surface area contributed by atoms with Crippen LogP contribution in [-0.4, -0.2) is 16.1 Å². The average molecular weight is 221 g/mol. The van der Waals surface area contributed by atoms with Crippen molar-refractivity contribution in [3.05, 3.63) is 17.2 Å². The van der Waals surface area contributed by atoms with E-state index in [1.165, 1.54) is 43.0 Å². The molecule has 0 bridgehead atoms. The van der Waals surface area contributed by atoms with Crippen LogP contribution in [0, 0.1) is 0 Å². The first-order valence-corrected chi connectivity index (χ1v) is 6.53. The van der Waals surface area contributed by atoms with E-state index in [0.717, 1.165) is 13.1 Å². The third-order valence-corrected chi connectivity index (χ3v) is 3.29. The molecule has 0 atom stereocenters. The molecule has 0 saturated heterocycles. The predicted molar refractivity (Wildman–Crippen MR) is 66.6 cm³/mol. The van der Waals surface area contributed by atoms with Crippen LogP contribution in [0.3, 0.4) is 0 Å². The maximum absolute atomic E-state index is 4.83. The summed E-state index contributed by atoms with van der Waals surface area (Å²) in [6, 6.07) is 0. The molecule has 0 fully saturated rings. The van der Waals surface area contributed by atoms with Crippen molar-refractivity contribution in [2.45, 2.75) is 59.0 Å². The first-order chi connectivity index (χ1) is 7.74. The van der Waals surface area contributed by atoms with E-state index in [9.17, 15) is 0 Å². The van der Waals surface area contributed by atoms with Crippen molar-refractivity contribution in [3.8, 4) is 0 Å². The molecule has 0 unspecified atom stereocenters. The molecule has 0 radical (unpaired) electrons. The molecule has 0 amide bonds. The molecule has 1 aromatic heterocycles. The fourth-order valence-electron chi connectivity index (χ4n) is 2.47. The summed E-state index contributed by atoms with van der Waals surface area (Å²) in [6.45, 7) is 9.73. The van der Waals surface area contributed by atoms with Gasteiger partial charge in [-0.1, -0.05) is 20.8 Å². The van der Waals surface area contributed by atoms with E-state index in [4.69, 9.17) is 4.98 Å². The molecule has 1 aliphatic rings. The Bertz CT molecular complexity index is 352. The lowest BCUT2D eigenvalue weighted by molar-refractivity contribution is 0.502. The molecule has 1 aliphatic heterocycles. The summed E-state index contributed by atoms with van der Waals surface area (Å²) in [7, 11) is 0. The van der Waals surface area contributed by atoms with Crippen LogP contribution in [0.5, 0.6) is 0 Å². The van der Waals surface area contributed by atoms with Gasteiger partial charge in [0.15, 0.2) is 0 Å². The SMILES string of the molecule is CCNCc1nc(C(C)C)n2c1CCCC2. The molecule has 3 nitrogen and oxygen atoms in total. The Kier molecular flexibility index (Phi) is 3.64. The third kappa shape index (κ3) is 2.14. The van der Waals surface area contributed by atoms with Gasteiger partial charge in [-0.05, 0) is 25.8 Å². The monoisotopic (exact) mass is 221 g/mol. The number of fused-ring (bicyclic) bond motifs is 1. The predicted octanol–water partition coefficient (Wildman–Crippen LogP) is 2.45. The van der Waals surface area contributed by atoms with Gasteiger partial charge >= 0.3 is 0 Å². The topological polar surface area (TPSA) is 29.9 Å². The van der Waals surface area contributed by atoms with Crippen LogP contribution in [0.4, 0.5) is 0 Å². The van der Waals surface area contributed by atoms with Crippen molar-refractivity contribution in [1.82, 2.24) is 14.9 Å². The van der Waals surface area contributed by atoms with Crippen LogP contribution < -0.4 is 5.32 Å². The van der Waals surface area contributed by atoms with Crippen LogP contribution in [0.2, 0.25) is 0 Å². The highest BCUT2D eigenvalue weighted by molar-refractivity contribution is 5.20. The van der Waals surface area contributed by atoms with E-state index >= 15 is 0 Å². The van der Waals surface area contributed by atoms with E-state index in [2.05, 4.69) is 30.7 Å². The summed E-state index contributed by atoms with van der Waals surface area (Å²) in [5, 5.41) is 3.39. The Hall–Kier alpha value is -0.830. The van der Waals surface area contributed by atoms with E-state index in [-0.39, 0.29) is 0 Å². The van der Waals surface area contributed by atoms with Crippen molar-refractivity contribution in [1.29, 1.82) is 0 Å². The Morgan fingerprint density at radius 1 is 1.38 bits per heavy atom. The maximum atomic E-state index is 4.83. The number of rotatable bonds is 4. The van der Waals surface area contributed by atoms with Crippen LogP contribution >= 0.6 is 0 Å². The normalized spacial score (nSPS) is 15.5. The third-order valence-electron chi connectivity index (χ3n) is 3.29. The molecular weight excluding hydrogens is 198 g/mol. The highest BCUT2D eigenvalue weighted by Crippen LogP contribution is 2.24. The highest BCUT2D eigenvalue weighted by Gasteiger charge is 2.20. The van der Waals surface area contributed by atoms with Gasteiger partial charge < -0.3 is 9.88 Å². The van der Waals surface area contributed by atoms with Crippen LogP contribution in [-0.2, 0) is 19.5 Å². The molecule has 1 N–H and O–H groups in total. The molecule has 2 rings (SSSR count). The lowest BCUT2D eigenvalue weighted by Crippen LogP contribution is -2.17. The van der Waals surface area contributed by atoms with Crippen molar-refractivity contribution in [3.63, 3.8) is 0 Å². The molecule has 0 aromatic carbocycles. The van der Waals surface area contributed by atoms with E-state index in [0.29, 0.717) is 5.92 Å². The lowest BCUT2D eigenvalue weighted by atomic mass is 10.1. The highest BCUT2D eigenvalue weighted by atomic mass is 15.1. The molecule has 2 heterocycles. The fraction of sp³-hybridized carbons (Fsp3) is 0.769. The number of hydrogen-bond acceptors (Lipinski definition) is 2. The van der Waals surface area contributed by atoms with Crippen molar-refractivity contribution < 1.29 is 0 Å². The average Bonchev–Trinajstić information content (AvgIpc) is 2.65. The molecule has 0 aliphatic carbocycles. The second-order valence-corrected chi connectivity index (χ2v) is 4.91. The fourth-order valence-corrected chi connectivity index (χ4v) is 2.47. The van der Waals surface area contributed by atoms with Crippen molar-refractivity contribution >= 4 is 0 Å². The maximum Gasteiger partial charge on any atom is 0.111 e. The van der Waals surface area contributed by atoms with Gasteiger partial charge in [0.1, 0.15) is 5.82 Å². The van der Waals surface area contributed by atoms with Gasteiger partial charge in [0.05, 0.1) is 5.69 Å². The van der Waals surface area contributed by atoms with Crippen LogP contribution in [0.15, 0.2) is 0 Å². The minimum atomic E-state index is 0.534. The molecule has 90 valence electrons. The quantitative estimate of drug-likeness (QED) is 0.846. The Morgan fingerprint density at radius 2 is 2.19 bits per heavy atom. The number of aromatic nitrogens is 2. The second-order valence-electron chi connectivity index (χ2n) is 4.91. The zero-order valence-corrected chi connectivity index (χ0v) is 10.7. The summed E-state index contributed by atoms with van der Waals surface area (Å²) in [4.78, 5) is 4.83. The van der Waals surface area contributed by atoms with E-state index < -0.39 is 0 Å². The lowest BCUT2D eigenvalue weighted by Gasteiger charge is -2.18. The standard InChI is InChI=1S/C13H23N3/c1-4-14-9-11-12-7-5-6-8-16(12)13(15-11)10(2)3/h10,14H,4-9H2,1-3H3. The van der Waals surface area contributed by atoms with Gasteiger partial charge in [-0.25, -0.2) is 4.98 Å².